The van der Waals surface area contributed by atoms with Crippen molar-refractivity contribution in [1.82, 2.24) is 0 Å². The highest BCUT2D eigenvalue weighted by molar-refractivity contribution is 5.84. The summed E-state index contributed by atoms with van der Waals surface area (Å²) >= 11 is 0. The van der Waals surface area contributed by atoms with Gasteiger partial charge in [-0.05, 0) is 32.1 Å². The number of aliphatic hydroxyl groups excluding tert-OH is 2. The van der Waals surface area contributed by atoms with Crippen LogP contribution in [0, 0.1) is 11.8 Å². The molecule has 0 amide bonds. The third-order valence-corrected chi connectivity index (χ3v) is 4.59. The van der Waals surface area contributed by atoms with Gasteiger partial charge in [0.05, 0.1) is 12.2 Å². The summed E-state index contributed by atoms with van der Waals surface area (Å²) in [4.78, 5) is 22.4. The Bertz CT molecular complexity index is 573. The van der Waals surface area contributed by atoms with Crippen molar-refractivity contribution in [2.75, 3.05) is 0 Å². The lowest BCUT2D eigenvalue weighted by atomic mass is 9.90. The first-order valence-electron chi connectivity index (χ1n) is 9.69. The molecule has 150 valence electrons. The Morgan fingerprint density at radius 1 is 1.19 bits per heavy atom. The van der Waals surface area contributed by atoms with Crippen LogP contribution in [0.1, 0.15) is 51.9 Å². The molecule has 0 radical (unpaired) electrons. The lowest BCUT2D eigenvalue weighted by Crippen LogP contribution is -2.18. The van der Waals surface area contributed by atoms with Crippen LogP contribution in [0.4, 0.5) is 0 Å². The fourth-order valence-corrected chi connectivity index (χ4v) is 3.10. The maximum atomic E-state index is 12.0. The number of carboxylic acids is 1. The molecule has 0 aromatic carbocycles. The number of ketones is 1. The maximum Gasteiger partial charge on any atom is 0.303 e. The number of carbonyl (C=O) groups is 2. The molecule has 1 rings (SSSR count). The quantitative estimate of drug-likeness (QED) is 0.453. The number of hydrogen-bond donors (Lipinski definition) is 3. The van der Waals surface area contributed by atoms with Crippen LogP contribution in [0.5, 0.6) is 0 Å². The molecule has 0 unspecified atom stereocenters. The molecule has 0 saturated heterocycles. The predicted octanol–water partition coefficient (Wildman–Crippen LogP) is 3.58. The van der Waals surface area contributed by atoms with Gasteiger partial charge in [0.1, 0.15) is 5.78 Å². The number of carbonyl (C=O) groups excluding carboxylic acids is 1. The molecule has 27 heavy (non-hydrogen) atoms. The largest absolute Gasteiger partial charge is 0.481 e. The monoisotopic (exact) mass is 376 g/mol. The molecule has 0 aliphatic heterocycles. The topological polar surface area (TPSA) is 94.8 Å². The molecule has 1 saturated carbocycles. The number of aliphatic hydroxyl groups is 2. The van der Waals surface area contributed by atoms with Gasteiger partial charge in [-0.3, -0.25) is 9.59 Å². The van der Waals surface area contributed by atoms with E-state index in [1.54, 1.807) is 12.2 Å². The summed E-state index contributed by atoms with van der Waals surface area (Å²) in [5, 5.41) is 28.7. The Kier molecular flexibility index (Phi) is 11.3. The molecule has 5 nitrogen and oxygen atoms in total. The van der Waals surface area contributed by atoms with Crippen molar-refractivity contribution in [3.05, 3.63) is 48.6 Å². The maximum absolute atomic E-state index is 12.0. The first kappa shape index (κ1) is 23.1. The fraction of sp³-hybridized carbons (Fsp3) is 0.545. The van der Waals surface area contributed by atoms with Crippen LogP contribution in [0.25, 0.3) is 0 Å². The molecule has 0 aromatic heterocycles. The summed E-state index contributed by atoms with van der Waals surface area (Å²) in [5.74, 6) is -1.17. The molecule has 1 aliphatic rings. The third-order valence-electron chi connectivity index (χ3n) is 4.59. The van der Waals surface area contributed by atoms with E-state index in [-0.39, 0.29) is 30.5 Å². The van der Waals surface area contributed by atoms with Gasteiger partial charge >= 0.3 is 5.97 Å². The van der Waals surface area contributed by atoms with Gasteiger partial charge in [0.15, 0.2) is 0 Å². The van der Waals surface area contributed by atoms with E-state index < -0.39 is 18.2 Å². The van der Waals surface area contributed by atoms with Crippen LogP contribution in [-0.4, -0.2) is 39.3 Å². The zero-order valence-corrected chi connectivity index (χ0v) is 16.0. The van der Waals surface area contributed by atoms with Gasteiger partial charge in [-0.2, -0.15) is 0 Å². The van der Waals surface area contributed by atoms with E-state index in [9.17, 15) is 19.8 Å². The Hall–Kier alpha value is -1.98. The van der Waals surface area contributed by atoms with Crippen molar-refractivity contribution in [2.24, 2.45) is 11.8 Å². The molecular weight excluding hydrogens is 344 g/mol. The van der Waals surface area contributed by atoms with Gasteiger partial charge in [0.2, 0.25) is 0 Å². The SMILES string of the molecule is CC/C=C\C[C@@H]1C(=O)C[C@@H](O)[C@@H]1/C=C/[C@H](O)C/C=C\C/C=C\CCC(=O)O. The second kappa shape index (κ2) is 13.2. The van der Waals surface area contributed by atoms with Crippen molar-refractivity contribution in [1.29, 1.82) is 0 Å². The average molecular weight is 376 g/mol. The summed E-state index contributed by atoms with van der Waals surface area (Å²) in [6.45, 7) is 2.04. The van der Waals surface area contributed by atoms with E-state index in [1.165, 1.54) is 0 Å². The molecule has 0 spiro atoms. The first-order chi connectivity index (χ1) is 13.0. The minimum atomic E-state index is -0.803. The Labute approximate surface area is 161 Å². The Balaban J connectivity index is 2.40. The van der Waals surface area contributed by atoms with Crippen LogP contribution in [0.15, 0.2) is 48.6 Å². The molecule has 5 heteroatoms. The highest BCUT2D eigenvalue weighted by Crippen LogP contribution is 2.33. The highest BCUT2D eigenvalue weighted by Gasteiger charge is 2.39. The van der Waals surface area contributed by atoms with Crippen LogP contribution < -0.4 is 0 Å². The van der Waals surface area contributed by atoms with Crippen LogP contribution in [0.3, 0.4) is 0 Å². The fourth-order valence-electron chi connectivity index (χ4n) is 3.10. The Morgan fingerprint density at radius 2 is 1.93 bits per heavy atom. The second-order valence-electron chi connectivity index (χ2n) is 6.84. The van der Waals surface area contributed by atoms with Crippen molar-refractivity contribution in [3.63, 3.8) is 0 Å². The van der Waals surface area contributed by atoms with Gasteiger partial charge in [-0.25, -0.2) is 0 Å². The zero-order valence-electron chi connectivity index (χ0n) is 16.0. The van der Waals surface area contributed by atoms with Gasteiger partial charge in [-0.1, -0.05) is 55.5 Å². The summed E-state index contributed by atoms with van der Waals surface area (Å²) in [5.41, 5.74) is 0. The van der Waals surface area contributed by atoms with Gasteiger partial charge < -0.3 is 15.3 Å². The molecule has 0 heterocycles. The third kappa shape index (κ3) is 9.50. The summed E-state index contributed by atoms with van der Waals surface area (Å²) < 4.78 is 0. The van der Waals surface area contributed by atoms with Crippen molar-refractivity contribution < 1.29 is 24.9 Å². The van der Waals surface area contributed by atoms with E-state index in [2.05, 4.69) is 0 Å². The normalized spacial score (nSPS) is 24.9. The van der Waals surface area contributed by atoms with E-state index >= 15 is 0 Å². The number of allylic oxidation sites excluding steroid dienone is 5. The van der Waals surface area contributed by atoms with Crippen molar-refractivity contribution in [2.45, 2.75) is 64.1 Å². The standard InChI is InChI=1S/C22H32O5/c1-2-3-8-12-18-19(21(25)16-20(18)24)15-14-17(23)11-9-6-4-5-7-10-13-22(26)27/h3,5-9,14-15,17-19,21,23,25H,2,4,10-13,16H2,1H3,(H,26,27)/b7-5-,8-3-,9-6-,15-14+/t17-,18+,19-,21-/m1/s1. The second-order valence-corrected chi connectivity index (χ2v) is 6.84. The summed E-state index contributed by atoms with van der Waals surface area (Å²) in [6, 6.07) is 0. The minimum Gasteiger partial charge on any atom is -0.481 e. The van der Waals surface area contributed by atoms with Crippen molar-refractivity contribution in [3.8, 4) is 0 Å². The van der Waals surface area contributed by atoms with E-state index in [0.717, 1.165) is 6.42 Å². The van der Waals surface area contributed by atoms with E-state index in [1.807, 2.05) is 43.4 Å². The lowest BCUT2D eigenvalue weighted by molar-refractivity contribution is -0.136. The highest BCUT2D eigenvalue weighted by atomic mass is 16.4. The number of aliphatic carboxylic acids is 1. The molecule has 1 aliphatic carbocycles. The molecule has 0 bridgehead atoms. The number of Topliss-reactive ketones (excluding diaryl/α,β-unsaturated/α-hetero) is 1. The van der Waals surface area contributed by atoms with E-state index in [0.29, 0.717) is 25.7 Å². The Morgan fingerprint density at radius 3 is 2.63 bits per heavy atom. The van der Waals surface area contributed by atoms with Gasteiger partial charge in [0.25, 0.3) is 0 Å². The smallest absolute Gasteiger partial charge is 0.303 e. The molecule has 3 N–H and O–H groups in total. The molecular formula is C22H32O5. The summed E-state index contributed by atoms with van der Waals surface area (Å²) in [7, 11) is 0. The van der Waals surface area contributed by atoms with Crippen LogP contribution >= 0.6 is 0 Å². The first-order valence-corrected chi connectivity index (χ1v) is 9.69. The predicted molar refractivity (Wildman–Crippen MR) is 106 cm³/mol. The zero-order chi connectivity index (χ0) is 20.1. The van der Waals surface area contributed by atoms with Crippen LogP contribution in [0.2, 0.25) is 0 Å². The molecule has 0 aromatic rings. The van der Waals surface area contributed by atoms with Crippen LogP contribution in [-0.2, 0) is 9.59 Å². The van der Waals surface area contributed by atoms with Gasteiger partial charge in [-0.15, -0.1) is 0 Å². The molecule has 1 fully saturated rings. The summed E-state index contributed by atoms with van der Waals surface area (Å²) in [6.07, 6.45) is 17.2. The minimum absolute atomic E-state index is 0.0852. The molecule has 4 atom stereocenters. The average Bonchev–Trinajstić information content (AvgIpc) is 2.88. The number of carboxylic acid groups (broad SMARTS) is 1. The number of hydrogen-bond acceptors (Lipinski definition) is 4. The lowest BCUT2D eigenvalue weighted by Gasteiger charge is -2.16. The number of rotatable bonds is 12. The van der Waals surface area contributed by atoms with E-state index in [4.69, 9.17) is 5.11 Å². The van der Waals surface area contributed by atoms with Crippen molar-refractivity contribution >= 4 is 11.8 Å². The van der Waals surface area contributed by atoms with Gasteiger partial charge in [0, 0.05) is 24.7 Å².